The molecule has 4 rings (SSSR count). The Morgan fingerprint density at radius 3 is 3.05 bits per heavy atom. The molecule has 3 atom stereocenters. The molecule has 0 saturated carbocycles. The fraction of sp³-hybridized carbons (Fsp3) is 0.533. The second-order valence-corrected chi connectivity index (χ2v) is 5.92. The van der Waals surface area contributed by atoms with Crippen molar-refractivity contribution in [2.45, 2.75) is 44.4 Å². The SMILES string of the molecule is CC1CCC(C2CCNc3c4cc(N)ccc4nn32)O1. The number of nitrogens with zero attached hydrogens (tertiary/aromatic N) is 2. The van der Waals surface area contributed by atoms with Crippen molar-refractivity contribution in [2.24, 2.45) is 0 Å². The molecular formula is C15H20N4O. The van der Waals surface area contributed by atoms with Gasteiger partial charge in [0.2, 0.25) is 0 Å². The maximum Gasteiger partial charge on any atom is 0.132 e. The molecule has 0 bridgehead atoms. The van der Waals surface area contributed by atoms with E-state index in [1.807, 2.05) is 18.2 Å². The third-order valence-corrected chi connectivity index (χ3v) is 4.46. The molecule has 1 aromatic heterocycles. The third-order valence-electron chi connectivity index (χ3n) is 4.46. The highest BCUT2D eigenvalue weighted by Crippen LogP contribution is 2.37. The molecule has 1 fully saturated rings. The van der Waals surface area contributed by atoms with Crippen molar-refractivity contribution in [2.75, 3.05) is 17.6 Å². The first-order valence-corrected chi connectivity index (χ1v) is 7.39. The number of nitrogen functional groups attached to an aromatic ring is 1. The molecule has 3 unspecified atom stereocenters. The van der Waals surface area contributed by atoms with E-state index in [1.165, 1.54) is 0 Å². The van der Waals surface area contributed by atoms with Crippen LogP contribution in [0.1, 0.15) is 32.2 Å². The van der Waals surface area contributed by atoms with Gasteiger partial charge in [-0.25, -0.2) is 4.68 Å². The van der Waals surface area contributed by atoms with Gasteiger partial charge in [0.15, 0.2) is 0 Å². The standard InChI is InChI=1S/C15H20N4O/c1-9-2-5-14(20-9)13-6-7-17-15-11-8-10(16)3-4-12(11)18-19(13)15/h3-4,8-9,13-14,17H,2,5-7,16H2,1H3. The molecule has 1 aromatic carbocycles. The smallest absolute Gasteiger partial charge is 0.132 e. The lowest BCUT2D eigenvalue weighted by molar-refractivity contribution is 0.0175. The zero-order valence-corrected chi connectivity index (χ0v) is 11.7. The Kier molecular flexibility index (Phi) is 2.63. The summed E-state index contributed by atoms with van der Waals surface area (Å²) in [6.45, 7) is 3.12. The summed E-state index contributed by atoms with van der Waals surface area (Å²) in [5.41, 5.74) is 7.68. The van der Waals surface area contributed by atoms with Gasteiger partial charge in [-0.2, -0.15) is 5.10 Å². The topological polar surface area (TPSA) is 65.1 Å². The lowest BCUT2D eigenvalue weighted by Gasteiger charge is -2.30. The third kappa shape index (κ3) is 1.77. The van der Waals surface area contributed by atoms with Gasteiger partial charge in [0.05, 0.1) is 23.8 Å². The number of fused-ring (bicyclic) bond motifs is 3. The van der Waals surface area contributed by atoms with Gasteiger partial charge in [0.1, 0.15) is 5.82 Å². The number of hydrogen-bond acceptors (Lipinski definition) is 4. The first-order chi connectivity index (χ1) is 9.72. The zero-order valence-electron chi connectivity index (χ0n) is 11.7. The second-order valence-electron chi connectivity index (χ2n) is 5.92. The molecule has 2 aliphatic heterocycles. The van der Waals surface area contributed by atoms with E-state index in [1.54, 1.807) is 0 Å². The summed E-state index contributed by atoms with van der Waals surface area (Å²) >= 11 is 0. The zero-order chi connectivity index (χ0) is 13.7. The lowest BCUT2D eigenvalue weighted by atomic mass is 10.0. The highest BCUT2D eigenvalue weighted by Gasteiger charge is 2.34. The van der Waals surface area contributed by atoms with Gasteiger partial charge in [-0.1, -0.05) is 0 Å². The van der Waals surface area contributed by atoms with Gasteiger partial charge >= 0.3 is 0 Å². The van der Waals surface area contributed by atoms with Crippen molar-refractivity contribution in [1.82, 2.24) is 9.78 Å². The first kappa shape index (κ1) is 12.0. The van der Waals surface area contributed by atoms with Crippen molar-refractivity contribution in [1.29, 1.82) is 0 Å². The van der Waals surface area contributed by atoms with Crippen LogP contribution in [-0.2, 0) is 4.74 Å². The normalized spacial score (nSPS) is 29.4. The molecule has 1 saturated heterocycles. The van der Waals surface area contributed by atoms with Crippen molar-refractivity contribution in [3.05, 3.63) is 18.2 Å². The van der Waals surface area contributed by atoms with Crippen LogP contribution in [0.15, 0.2) is 18.2 Å². The van der Waals surface area contributed by atoms with Gasteiger partial charge in [-0.05, 0) is 44.4 Å². The van der Waals surface area contributed by atoms with Crippen LogP contribution >= 0.6 is 0 Å². The Balaban J connectivity index is 1.79. The maximum absolute atomic E-state index is 6.06. The molecule has 106 valence electrons. The van der Waals surface area contributed by atoms with Gasteiger partial charge < -0.3 is 15.8 Å². The predicted octanol–water partition coefficient (Wildman–Crippen LogP) is 2.54. The number of anilines is 2. The molecule has 3 N–H and O–H groups in total. The minimum absolute atomic E-state index is 0.289. The maximum atomic E-state index is 6.06. The van der Waals surface area contributed by atoms with Gasteiger partial charge in [0.25, 0.3) is 0 Å². The molecule has 0 radical (unpaired) electrons. The lowest BCUT2D eigenvalue weighted by Crippen LogP contribution is -2.32. The van der Waals surface area contributed by atoms with E-state index >= 15 is 0 Å². The molecular weight excluding hydrogens is 252 g/mol. The Bertz CT molecular complexity index is 651. The van der Waals surface area contributed by atoms with Crippen LogP contribution in [0.2, 0.25) is 0 Å². The van der Waals surface area contributed by atoms with E-state index in [0.717, 1.165) is 48.2 Å². The van der Waals surface area contributed by atoms with Gasteiger partial charge in [-0.3, -0.25) is 0 Å². The van der Waals surface area contributed by atoms with Crippen molar-refractivity contribution < 1.29 is 4.74 Å². The molecule has 0 spiro atoms. The van der Waals surface area contributed by atoms with E-state index in [0.29, 0.717) is 12.1 Å². The molecule has 5 heteroatoms. The number of nitrogens with two attached hydrogens (primary N) is 1. The van der Waals surface area contributed by atoms with Crippen LogP contribution in [0, 0.1) is 0 Å². The van der Waals surface area contributed by atoms with Crippen LogP contribution in [-0.4, -0.2) is 28.5 Å². The van der Waals surface area contributed by atoms with Crippen LogP contribution in [0.5, 0.6) is 0 Å². The summed E-state index contributed by atoms with van der Waals surface area (Å²) in [7, 11) is 0. The number of nitrogens with one attached hydrogen (secondary N) is 1. The quantitative estimate of drug-likeness (QED) is 0.783. The molecule has 2 aliphatic rings. The fourth-order valence-corrected chi connectivity index (χ4v) is 3.46. The summed E-state index contributed by atoms with van der Waals surface area (Å²) in [6, 6.07) is 6.24. The molecule has 2 aromatic rings. The Hall–Kier alpha value is -1.75. The highest BCUT2D eigenvalue weighted by molar-refractivity contribution is 5.92. The Morgan fingerprint density at radius 2 is 2.25 bits per heavy atom. The van der Waals surface area contributed by atoms with Crippen molar-refractivity contribution in [3.8, 4) is 0 Å². The predicted molar refractivity (Wildman–Crippen MR) is 79.9 cm³/mol. The Labute approximate surface area is 118 Å². The van der Waals surface area contributed by atoms with Crippen molar-refractivity contribution in [3.63, 3.8) is 0 Å². The average molecular weight is 272 g/mol. The summed E-state index contributed by atoms with van der Waals surface area (Å²) < 4.78 is 8.19. The molecule has 0 amide bonds. The fourth-order valence-electron chi connectivity index (χ4n) is 3.46. The number of benzene rings is 1. The summed E-state index contributed by atoms with van der Waals surface area (Å²) in [4.78, 5) is 0. The summed E-state index contributed by atoms with van der Waals surface area (Å²) in [5, 5.41) is 9.34. The summed E-state index contributed by atoms with van der Waals surface area (Å²) in [5.74, 6) is 1.09. The molecule has 5 nitrogen and oxygen atoms in total. The minimum Gasteiger partial charge on any atom is -0.399 e. The van der Waals surface area contributed by atoms with E-state index in [-0.39, 0.29) is 6.10 Å². The van der Waals surface area contributed by atoms with E-state index in [2.05, 4.69) is 16.9 Å². The highest BCUT2D eigenvalue weighted by atomic mass is 16.5. The van der Waals surface area contributed by atoms with Gasteiger partial charge in [-0.15, -0.1) is 0 Å². The minimum atomic E-state index is 0.289. The monoisotopic (exact) mass is 272 g/mol. The van der Waals surface area contributed by atoms with Gasteiger partial charge in [0, 0.05) is 17.6 Å². The van der Waals surface area contributed by atoms with Crippen LogP contribution in [0.3, 0.4) is 0 Å². The first-order valence-electron chi connectivity index (χ1n) is 7.39. The molecule has 20 heavy (non-hydrogen) atoms. The number of hydrogen-bond donors (Lipinski definition) is 2. The van der Waals surface area contributed by atoms with E-state index < -0.39 is 0 Å². The van der Waals surface area contributed by atoms with Crippen molar-refractivity contribution >= 4 is 22.4 Å². The summed E-state index contributed by atoms with van der Waals surface area (Å²) in [6.07, 6.45) is 4.01. The molecule has 0 aliphatic carbocycles. The average Bonchev–Trinajstić information content (AvgIpc) is 3.02. The number of rotatable bonds is 1. The van der Waals surface area contributed by atoms with Crippen LogP contribution < -0.4 is 11.1 Å². The van der Waals surface area contributed by atoms with E-state index in [9.17, 15) is 0 Å². The largest absolute Gasteiger partial charge is 0.399 e. The number of ether oxygens (including phenoxy) is 1. The second kappa shape index (κ2) is 4.38. The number of aromatic nitrogens is 2. The van der Waals surface area contributed by atoms with Crippen LogP contribution in [0.4, 0.5) is 11.5 Å². The van der Waals surface area contributed by atoms with E-state index in [4.69, 9.17) is 15.6 Å². The Morgan fingerprint density at radius 1 is 1.35 bits per heavy atom. The van der Waals surface area contributed by atoms with Crippen LogP contribution in [0.25, 0.3) is 10.9 Å². The molecule has 3 heterocycles.